The SMILES string of the molecule is CC(C)P(=O)(c1cccc(C(=O)[O-])c1)C(C)C. The molecule has 0 radical (unpaired) electrons. The number of hydrogen-bond donors (Lipinski definition) is 0. The van der Waals surface area contributed by atoms with Gasteiger partial charge in [-0.05, 0) is 11.6 Å². The van der Waals surface area contributed by atoms with Crippen molar-refractivity contribution in [2.45, 2.75) is 39.0 Å². The second-order valence-corrected chi connectivity index (χ2v) is 8.74. The fourth-order valence-electron chi connectivity index (χ4n) is 2.04. The maximum atomic E-state index is 13.0. The molecule has 3 nitrogen and oxygen atoms in total. The Morgan fingerprint density at radius 3 is 2.12 bits per heavy atom. The van der Waals surface area contributed by atoms with Gasteiger partial charge in [-0.2, -0.15) is 0 Å². The van der Waals surface area contributed by atoms with Crippen LogP contribution >= 0.6 is 7.14 Å². The molecule has 0 fully saturated rings. The minimum atomic E-state index is -2.57. The molecule has 0 spiro atoms. The average molecular weight is 253 g/mol. The van der Waals surface area contributed by atoms with Crippen molar-refractivity contribution in [2.24, 2.45) is 0 Å². The van der Waals surface area contributed by atoms with E-state index in [0.29, 0.717) is 5.30 Å². The molecule has 94 valence electrons. The Morgan fingerprint density at radius 1 is 1.18 bits per heavy atom. The highest BCUT2D eigenvalue weighted by atomic mass is 31.2. The molecule has 1 aromatic rings. The van der Waals surface area contributed by atoms with E-state index < -0.39 is 13.1 Å². The molecule has 0 saturated carbocycles. The quantitative estimate of drug-likeness (QED) is 0.769. The van der Waals surface area contributed by atoms with Crippen LogP contribution in [0.4, 0.5) is 0 Å². The van der Waals surface area contributed by atoms with E-state index in [-0.39, 0.29) is 16.9 Å². The first kappa shape index (κ1) is 14.0. The van der Waals surface area contributed by atoms with Crippen molar-refractivity contribution in [1.29, 1.82) is 0 Å². The zero-order chi connectivity index (χ0) is 13.2. The van der Waals surface area contributed by atoms with Gasteiger partial charge in [0, 0.05) is 16.6 Å². The summed E-state index contributed by atoms with van der Waals surface area (Å²) in [6.07, 6.45) is 0. The highest BCUT2D eigenvalue weighted by Gasteiger charge is 2.32. The number of rotatable bonds is 4. The van der Waals surface area contributed by atoms with Crippen LogP contribution in [-0.2, 0) is 4.57 Å². The third-order valence-corrected chi connectivity index (χ3v) is 7.17. The van der Waals surface area contributed by atoms with Gasteiger partial charge in [-0.25, -0.2) is 0 Å². The maximum absolute atomic E-state index is 13.0. The summed E-state index contributed by atoms with van der Waals surface area (Å²) in [5.41, 5.74) is 0.0861. The molecule has 0 bridgehead atoms. The lowest BCUT2D eigenvalue weighted by Crippen LogP contribution is -2.25. The average Bonchev–Trinajstić information content (AvgIpc) is 2.27. The van der Waals surface area contributed by atoms with E-state index in [2.05, 4.69) is 0 Å². The molecule has 0 aromatic heterocycles. The van der Waals surface area contributed by atoms with E-state index in [9.17, 15) is 14.5 Å². The van der Waals surface area contributed by atoms with Gasteiger partial charge in [-0.3, -0.25) is 0 Å². The van der Waals surface area contributed by atoms with Gasteiger partial charge in [0.15, 0.2) is 0 Å². The van der Waals surface area contributed by atoms with Gasteiger partial charge in [0.1, 0.15) is 7.14 Å². The molecule has 4 heteroatoms. The van der Waals surface area contributed by atoms with Crippen LogP contribution in [-0.4, -0.2) is 17.3 Å². The smallest absolute Gasteiger partial charge is 0.120 e. The van der Waals surface area contributed by atoms with E-state index in [1.807, 2.05) is 27.7 Å². The monoisotopic (exact) mass is 253 g/mol. The maximum Gasteiger partial charge on any atom is 0.120 e. The molecule has 0 amide bonds. The Kier molecular flexibility index (Phi) is 4.16. The van der Waals surface area contributed by atoms with Crippen molar-refractivity contribution in [3.8, 4) is 0 Å². The summed E-state index contributed by atoms with van der Waals surface area (Å²) in [6.45, 7) is 7.64. The predicted molar refractivity (Wildman–Crippen MR) is 68.3 cm³/mol. The number of benzene rings is 1. The van der Waals surface area contributed by atoms with Crippen molar-refractivity contribution in [2.75, 3.05) is 0 Å². The second-order valence-electron chi connectivity index (χ2n) is 4.73. The van der Waals surface area contributed by atoms with Crippen LogP contribution in [0.3, 0.4) is 0 Å². The van der Waals surface area contributed by atoms with Crippen molar-refractivity contribution < 1.29 is 14.5 Å². The normalized spacial score (nSPS) is 12.1. The highest BCUT2D eigenvalue weighted by Crippen LogP contribution is 2.53. The van der Waals surface area contributed by atoms with E-state index in [1.54, 1.807) is 12.1 Å². The molecule has 17 heavy (non-hydrogen) atoms. The molecule has 0 saturated heterocycles. The molecule has 0 aliphatic rings. The van der Waals surface area contributed by atoms with Crippen LogP contribution in [0.2, 0.25) is 0 Å². The van der Waals surface area contributed by atoms with Crippen molar-refractivity contribution in [1.82, 2.24) is 0 Å². The Hall–Kier alpha value is -1.08. The molecular weight excluding hydrogens is 235 g/mol. The standard InChI is InChI=1S/C13H19O3P/c1-9(2)17(16,10(3)4)12-7-5-6-11(8-12)13(14)15/h5-10H,1-4H3,(H,14,15)/p-1. The van der Waals surface area contributed by atoms with E-state index in [1.165, 1.54) is 12.1 Å². The van der Waals surface area contributed by atoms with Crippen LogP contribution in [0.15, 0.2) is 24.3 Å². The van der Waals surface area contributed by atoms with E-state index >= 15 is 0 Å². The topological polar surface area (TPSA) is 57.2 Å². The zero-order valence-electron chi connectivity index (χ0n) is 10.6. The van der Waals surface area contributed by atoms with Gasteiger partial charge in [0.05, 0.1) is 5.97 Å². The molecule has 0 aliphatic carbocycles. The van der Waals surface area contributed by atoms with Crippen molar-refractivity contribution in [3.05, 3.63) is 29.8 Å². The summed E-state index contributed by atoms with van der Waals surface area (Å²) in [4.78, 5) is 10.8. The fraction of sp³-hybridized carbons (Fsp3) is 0.462. The molecule has 0 aliphatic heterocycles. The molecular formula is C13H18O3P-. The Bertz CT molecular complexity index is 451. The summed E-state index contributed by atoms with van der Waals surface area (Å²) in [5, 5.41) is 11.4. The molecule has 0 N–H and O–H groups in total. The lowest BCUT2D eigenvalue weighted by molar-refractivity contribution is -0.255. The van der Waals surface area contributed by atoms with Crippen LogP contribution in [0.25, 0.3) is 0 Å². The number of carboxylic acids is 1. The van der Waals surface area contributed by atoms with Crippen LogP contribution in [0, 0.1) is 0 Å². The summed E-state index contributed by atoms with van der Waals surface area (Å²) in [5.74, 6) is -1.23. The van der Waals surface area contributed by atoms with Gasteiger partial charge in [-0.1, -0.05) is 45.9 Å². The first-order valence-corrected chi connectivity index (χ1v) is 7.56. The van der Waals surface area contributed by atoms with E-state index in [0.717, 1.165) is 0 Å². The number of aromatic carboxylic acids is 1. The Balaban J connectivity index is 3.35. The third-order valence-electron chi connectivity index (χ3n) is 3.02. The lowest BCUT2D eigenvalue weighted by Gasteiger charge is -2.27. The molecule has 1 rings (SSSR count). The molecule has 1 aromatic carbocycles. The first-order chi connectivity index (χ1) is 7.80. The minimum absolute atomic E-state index is 0.000459. The predicted octanol–water partition coefficient (Wildman–Crippen LogP) is 1.86. The Labute approximate surface area is 102 Å². The first-order valence-electron chi connectivity index (χ1n) is 5.71. The van der Waals surface area contributed by atoms with Crippen LogP contribution in [0.1, 0.15) is 38.1 Å². The van der Waals surface area contributed by atoms with Gasteiger partial charge in [-0.15, -0.1) is 0 Å². The number of carboxylic acid groups (broad SMARTS) is 1. The van der Waals surface area contributed by atoms with Gasteiger partial charge >= 0.3 is 0 Å². The minimum Gasteiger partial charge on any atom is -0.545 e. The third kappa shape index (κ3) is 2.61. The zero-order valence-corrected chi connectivity index (χ0v) is 11.5. The summed E-state index contributed by atoms with van der Waals surface area (Å²) in [6, 6.07) is 6.31. The largest absolute Gasteiger partial charge is 0.545 e. The van der Waals surface area contributed by atoms with Crippen molar-refractivity contribution in [3.63, 3.8) is 0 Å². The van der Waals surface area contributed by atoms with E-state index in [4.69, 9.17) is 0 Å². The van der Waals surface area contributed by atoms with Gasteiger partial charge in [0.25, 0.3) is 0 Å². The number of carbonyl (C=O) groups excluding carboxylic acids is 1. The molecule has 0 heterocycles. The van der Waals surface area contributed by atoms with Gasteiger partial charge in [0.2, 0.25) is 0 Å². The number of carbonyl (C=O) groups is 1. The second kappa shape index (κ2) is 5.05. The van der Waals surface area contributed by atoms with Crippen molar-refractivity contribution >= 4 is 18.4 Å². The van der Waals surface area contributed by atoms with Crippen LogP contribution in [0.5, 0.6) is 0 Å². The van der Waals surface area contributed by atoms with Gasteiger partial charge < -0.3 is 14.5 Å². The highest BCUT2D eigenvalue weighted by molar-refractivity contribution is 7.72. The fourth-order valence-corrected chi connectivity index (χ4v) is 5.09. The molecule has 0 atom stereocenters. The lowest BCUT2D eigenvalue weighted by atomic mass is 10.2. The number of hydrogen-bond acceptors (Lipinski definition) is 3. The summed E-state index contributed by atoms with van der Waals surface area (Å²) < 4.78 is 13.0. The van der Waals surface area contributed by atoms with Crippen LogP contribution < -0.4 is 10.4 Å². The Morgan fingerprint density at radius 2 is 1.71 bits per heavy atom. The summed E-state index contributed by atoms with van der Waals surface area (Å²) in [7, 11) is -2.57. The molecule has 0 unspecified atom stereocenters. The summed E-state index contributed by atoms with van der Waals surface area (Å²) >= 11 is 0.